The van der Waals surface area contributed by atoms with Crippen molar-refractivity contribution >= 4 is 11.0 Å². The van der Waals surface area contributed by atoms with Gasteiger partial charge < -0.3 is 5.73 Å². The normalized spacial score (nSPS) is 13.5. The average Bonchev–Trinajstić information content (AvgIpc) is 2.49. The van der Waals surface area contributed by atoms with Gasteiger partial charge in [0, 0.05) is 11.6 Å². The lowest BCUT2D eigenvalue weighted by Crippen LogP contribution is -2.05. The predicted molar refractivity (Wildman–Crippen MR) is 44.4 cm³/mol. The highest BCUT2D eigenvalue weighted by Gasteiger charge is 2.08. The number of aromatic nitrogens is 2. The summed E-state index contributed by atoms with van der Waals surface area (Å²) in [6, 6.07) is 5.63. The molecular weight excluding hydrogens is 154 g/mol. The molecule has 1 atom stereocenters. The maximum atomic E-state index is 5.73. The van der Waals surface area contributed by atoms with E-state index in [2.05, 4.69) is 14.9 Å². The third kappa shape index (κ3) is 0.967. The molecule has 4 heteroatoms. The van der Waals surface area contributed by atoms with Crippen LogP contribution < -0.4 is 5.73 Å². The quantitative estimate of drug-likeness (QED) is 0.686. The van der Waals surface area contributed by atoms with E-state index >= 15 is 0 Å². The molecule has 0 aliphatic rings. The molecule has 4 nitrogen and oxygen atoms in total. The second-order valence-electron chi connectivity index (χ2n) is 2.77. The molecule has 0 aliphatic carbocycles. The van der Waals surface area contributed by atoms with Crippen molar-refractivity contribution in [2.75, 3.05) is 0 Å². The molecule has 2 N–H and O–H groups in total. The minimum Gasteiger partial charge on any atom is -0.324 e. The molecule has 0 amide bonds. The SMILES string of the molecule is CC(N)c1cccc2nonc12. The van der Waals surface area contributed by atoms with Gasteiger partial charge in [0.1, 0.15) is 11.0 Å². The van der Waals surface area contributed by atoms with E-state index in [1.165, 1.54) is 0 Å². The van der Waals surface area contributed by atoms with Crippen molar-refractivity contribution < 1.29 is 4.63 Å². The molecule has 0 saturated carbocycles. The first-order valence-corrected chi connectivity index (χ1v) is 3.76. The van der Waals surface area contributed by atoms with Gasteiger partial charge in [-0.15, -0.1) is 0 Å². The average molecular weight is 163 g/mol. The standard InChI is InChI=1S/C8H9N3O/c1-5(9)6-3-2-4-7-8(6)11-12-10-7/h2-5H,9H2,1H3. The number of nitrogens with two attached hydrogens (primary N) is 1. The number of hydrogen-bond acceptors (Lipinski definition) is 4. The van der Waals surface area contributed by atoms with Crippen molar-refractivity contribution in [3.05, 3.63) is 23.8 Å². The first kappa shape index (κ1) is 7.24. The number of nitrogens with zero attached hydrogens (tertiary/aromatic N) is 2. The van der Waals surface area contributed by atoms with Crippen LogP contribution in [0.1, 0.15) is 18.5 Å². The lowest BCUT2D eigenvalue weighted by atomic mass is 10.1. The van der Waals surface area contributed by atoms with E-state index < -0.39 is 0 Å². The van der Waals surface area contributed by atoms with Crippen LogP contribution in [0.15, 0.2) is 22.8 Å². The summed E-state index contributed by atoms with van der Waals surface area (Å²) in [6.07, 6.45) is 0. The Kier molecular flexibility index (Phi) is 1.55. The van der Waals surface area contributed by atoms with E-state index in [4.69, 9.17) is 5.73 Å². The molecule has 2 rings (SSSR count). The summed E-state index contributed by atoms with van der Waals surface area (Å²) in [5.41, 5.74) is 8.21. The first-order valence-electron chi connectivity index (χ1n) is 3.76. The van der Waals surface area contributed by atoms with Crippen LogP contribution in [0.2, 0.25) is 0 Å². The van der Waals surface area contributed by atoms with Gasteiger partial charge in [-0.1, -0.05) is 12.1 Å². The maximum absolute atomic E-state index is 5.73. The number of fused-ring (bicyclic) bond motifs is 1. The summed E-state index contributed by atoms with van der Waals surface area (Å²) in [5, 5.41) is 7.49. The monoisotopic (exact) mass is 163 g/mol. The first-order chi connectivity index (χ1) is 5.79. The summed E-state index contributed by atoms with van der Waals surface area (Å²) in [4.78, 5) is 0. The molecule has 0 saturated heterocycles. The van der Waals surface area contributed by atoms with Gasteiger partial charge in [0.15, 0.2) is 0 Å². The molecular formula is C8H9N3O. The number of rotatable bonds is 1. The molecule has 0 fully saturated rings. The number of hydrogen-bond donors (Lipinski definition) is 1. The molecule has 1 heterocycles. The zero-order valence-electron chi connectivity index (χ0n) is 6.69. The number of benzene rings is 1. The third-order valence-corrected chi connectivity index (χ3v) is 1.81. The summed E-state index contributed by atoms with van der Waals surface area (Å²) < 4.78 is 4.60. The second-order valence-corrected chi connectivity index (χ2v) is 2.77. The Bertz CT molecular complexity index is 394. The van der Waals surface area contributed by atoms with Crippen LogP contribution in [-0.2, 0) is 0 Å². The van der Waals surface area contributed by atoms with Gasteiger partial charge in [0.2, 0.25) is 0 Å². The lowest BCUT2D eigenvalue weighted by Gasteiger charge is -2.03. The van der Waals surface area contributed by atoms with Crippen LogP contribution in [0.3, 0.4) is 0 Å². The van der Waals surface area contributed by atoms with E-state index in [1.807, 2.05) is 25.1 Å². The van der Waals surface area contributed by atoms with E-state index in [9.17, 15) is 0 Å². The van der Waals surface area contributed by atoms with Gasteiger partial charge in [0.05, 0.1) is 0 Å². The molecule has 0 bridgehead atoms. The lowest BCUT2D eigenvalue weighted by molar-refractivity contribution is 0.315. The molecule has 62 valence electrons. The highest BCUT2D eigenvalue weighted by atomic mass is 16.6. The minimum absolute atomic E-state index is 0.0411. The molecule has 0 radical (unpaired) electrons. The second kappa shape index (κ2) is 2.57. The molecule has 2 aromatic rings. The van der Waals surface area contributed by atoms with E-state index in [-0.39, 0.29) is 6.04 Å². The van der Waals surface area contributed by atoms with Gasteiger partial charge in [-0.3, -0.25) is 0 Å². The van der Waals surface area contributed by atoms with Crippen molar-refractivity contribution in [2.24, 2.45) is 5.73 Å². The van der Waals surface area contributed by atoms with Gasteiger partial charge in [0.25, 0.3) is 0 Å². The summed E-state index contributed by atoms with van der Waals surface area (Å²) in [7, 11) is 0. The van der Waals surface area contributed by atoms with Crippen molar-refractivity contribution in [3.63, 3.8) is 0 Å². The largest absolute Gasteiger partial charge is 0.324 e. The maximum Gasteiger partial charge on any atom is 0.139 e. The molecule has 12 heavy (non-hydrogen) atoms. The van der Waals surface area contributed by atoms with Crippen molar-refractivity contribution in [2.45, 2.75) is 13.0 Å². The Morgan fingerprint density at radius 3 is 3.00 bits per heavy atom. The van der Waals surface area contributed by atoms with Crippen LogP contribution in [0, 0.1) is 0 Å². The molecule has 0 aliphatic heterocycles. The highest BCUT2D eigenvalue weighted by molar-refractivity contribution is 5.77. The molecule has 0 spiro atoms. The van der Waals surface area contributed by atoms with Crippen LogP contribution in [0.25, 0.3) is 11.0 Å². The molecule has 1 aromatic carbocycles. The van der Waals surface area contributed by atoms with Gasteiger partial charge >= 0.3 is 0 Å². The fourth-order valence-electron chi connectivity index (χ4n) is 1.19. The Morgan fingerprint density at radius 2 is 2.25 bits per heavy atom. The van der Waals surface area contributed by atoms with Crippen LogP contribution in [0.5, 0.6) is 0 Å². The molecule has 1 aromatic heterocycles. The Hall–Kier alpha value is -1.42. The van der Waals surface area contributed by atoms with Gasteiger partial charge in [-0.05, 0) is 23.3 Å². The van der Waals surface area contributed by atoms with Crippen LogP contribution >= 0.6 is 0 Å². The zero-order chi connectivity index (χ0) is 8.55. The summed E-state index contributed by atoms with van der Waals surface area (Å²) in [5.74, 6) is 0. The van der Waals surface area contributed by atoms with Gasteiger partial charge in [-0.25, -0.2) is 4.63 Å². The van der Waals surface area contributed by atoms with E-state index in [1.54, 1.807) is 0 Å². The third-order valence-electron chi connectivity index (χ3n) is 1.81. The van der Waals surface area contributed by atoms with Gasteiger partial charge in [-0.2, -0.15) is 0 Å². The summed E-state index contributed by atoms with van der Waals surface area (Å²) >= 11 is 0. The zero-order valence-corrected chi connectivity index (χ0v) is 6.69. The van der Waals surface area contributed by atoms with E-state index in [0.29, 0.717) is 0 Å². The Balaban J connectivity index is 2.73. The van der Waals surface area contributed by atoms with E-state index in [0.717, 1.165) is 16.6 Å². The van der Waals surface area contributed by atoms with Crippen molar-refractivity contribution in [1.29, 1.82) is 0 Å². The Morgan fingerprint density at radius 1 is 1.42 bits per heavy atom. The fraction of sp³-hybridized carbons (Fsp3) is 0.250. The topological polar surface area (TPSA) is 64.9 Å². The van der Waals surface area contributed by atoms with Crippen LogP contribution in [0.4, 0.5) is 0 Å². The highest BCUT2D eigenvalue weighted by Crippen LogP contribution is 2.19. The van der Waals surface area contributed by atoms with Crippen molar-refractivity contribution in [1.82, 2.24) is 10.3 Å². The minimum atomic E-state index is -0.0411. The smallest absolute Gasteiger partial charge is 0.139 e. The van der Waals surface area contributed by atoms with Crippen molar-refractivity contribution in [3.8, 4) is 0 Å². The van der Waals surface area contributed by atoms with Crippen LogP contribution in [-0.4, -0.2) is 10.3 Å². The Labute approximate surface area is 69.3 Å². The fourth-order valence-corrected chi connectivity index (χ4v) is 1.19. The summed E-state index contributed by atoms with van der Waals surface area (Å²) in [6.45, 7) is 1.91. The predicted octanol–water partition coefficient (Wildman–Crippen LogP) is 1.24. The molecule has 1 unspecified atom stereocenters.